The van der Waals surface area contributed by atoms with Crippen LogP contribution in [-0.4, -0.2) is 51.3 Å². The smallest absolute Gasteiger partial charge is 0.273 e. The van der Waals surface area contributed by atoms with Crippen LogP contribution in [0.3, 0.4) is 0 Å². The Hall–Kier alpha value is -2.97. The molecule has 1 aromatic carbocycles. The summed E-state index contributed by atoms with van der Waals surface area (Å²) in [5.41, 5.74) is 1.79. The molecule has 1 aliphatic heterocycles. The zero-order valence-corrected chi connectivity index (χ0v) is 15.5. The van der Waals surface area contributed by atoms with Gasteiger partial charge < -0.3 is 19.9 Å². The molecule has 0 spiro atoms. The van der Waals surface area contributed by atoms with Gasteiger partial charge in [0.05, 0.1) is 12.1 Å². The molecular weight excluding hydrogens is 360 g/mol. The normalized spacial score (nSPS) is 20.4. The highest BCUT2D eigenvalue weighted by Gasteiger charge is 2.29. The highest BCUT2D eigenvalue weighted by Crippen LogP contribution is 2.15. The second-order valence-corrected chi connectivity index (χ2v) is 7.20. The fourth-order valence-electron chi connectivity index (χ4n) is 3.60. The van der Waals surface area contributed by atoms with Crippen molar-refractivity contribution in [1.29, 1.82) is 0 Å². The van der Waals surface area contributed by atoms with E-state index in [4.69, 9.17) is 4.52 Å². The Morgan fingerprint density at radius 1 is 1.39 bits per heavy atom. The Balaban J connectivity index is 1.39. The zero-order chi connectivity index (χ0) is 19.7. The number of para-hydroxylation sites is 1. The van der Waals surface area contributed by atoms with E-state index in [1.807, 2.05) is 18.2 Å². The van der Waals surface area contributed by atoms with Crippen LogP contribution in [0.1, 0.15) is 28.4 Å². The molecule has 1 aliphatic rings. The van der Waals surface area contributed by atoms with Gasteiger partial charge in [-0.1, -0.05) is 17.3 Å². The van der Waals surface area contributed by atoms with Gasteiger partial charge in [-0.3, -0.25) is 14.5 Å². The van der Waals surface area contributed by atoms with Gasteiger partial charge in [0.2, 0.25) is 0 Å². The van der Waals surface area contributed by atoms with Crippen molar-refractivity contribution in [2.24, 2.45) is 0 Å². The minimum Gasteiger partial charge on any atom is -0.390 e. The van der Waals surface area contributed by atoms with Gasteiger partial charge in [0.1, 0.15) is 5.76 Å². The second-order valence-electron chi connectivity index (χ2n) is 7.20. The van der Waals surface area contributed by atoms with Crippen molar-refractivity contribution >= 4 is 16.8 Å². The summed E-state index contributed by atoms with van der Waals surface area (Å²) >= 11 is 0. The standard InChI is InChI=1S/C20H22N4O4/c1-12-8-17(23-28-12)20(27)22-16-6-7-24(11-19(16)26)10-13-9-18(25)14-4-2-3-5-15(14)21-13/h2-5,8-9,16,19,26H,6-7,10-11H2,1H3,(H,21,25)(H,22,27)/t16-,19-/m1/s1. The van der Waals surface area contributed by atoms with E-state index in [2.05, 4.69) is 20.4 Å². The van der Waals surface area contributed by atoms with Crippen LogP contribution in [0.15, 0.2) is 45.7 Å². The predicted molar refractivity (Wildman–Crippen MR) is 103 cm³/mol. The number of nitrogens with one attached hydrogen (secondary N) is 2. The molecule has 0 bridgehead atoms. The van der Waals surface area contributed by atoms with Crippen LogP contribution in [0, 0.1) is 6.92 Å². The summed E-state index contributed by atoms with van der Waals surface area (Å²) in [6.45, 7) is 3.33. The molecule has 1 fully saturated rings. The van der Waals surface area contributed by atoms with E-state index >= 15 is 0 Å². The highest BCUT2D eigenvalue weighted by molar-refractivity contribution is 5.92. The van der Waals surface area contributed by atoms with E-state index in [1.165, 1.54) is 0 Å². The number of carbonyl (C=O) groups is 1. The maximum Gasteiger partial charge on any atom is 0.273 e. The highest BCUT2D eigenvalue weighted by atomic mass is 16.5. The molecule has 0 unspecified atom stereocenters. The van der Waals surface area contributed by atoms with E-state index in [9.17, 15) is 14.7 Å². The summed E-state index contributed by atoms with van der Waals surface area (Å²) < 4.78 is 4.91. The number of aryl methyl sites for hydroxylation is 1. The molecule has 1 amide bonds. The zero-order valence-electron chi connectivity index (χ0n) is 15.5. The van der Waals surface area contributed by atoms with Gasteiger partial charge >= 0.3 is 0 Å². The van der Waals surface area contributed by atoms with Crippen molar-refractivity contribution in [3.05, 3.63) is 63.8 Å². The summed E-state index contributed by atoms with van der Waals surface area (Å²) in [4.78, 5) is 29.8. The number of aliphatic hydroxyl groups excluding tert-OH is 1. The quantitative estimate of drug-likeness (QED) is 0.625. The largest absolute Gasteiger partial charge is 0.390 e. The summed E-state index contributed by atoms with van der Waals surface area (Å²) in [5, 5.41) is 17.7. The van der Waals surface area contributed by atoms with Crippen LogP contribution < -0.4 is 10.7 Å². The molecule has 8 nitrogen and oxygen atoms in total. The van der Waals surface area contributed by atoms with Gasteiger partial charge in [-0.15, -0.1) is 0 Å². The first-order valence-electron chi connectivity index (χ1n) is 9.25. The lowest BCUT2D eigenvalue weighted by Gasteiger charge is -2.36. The van der Waals surface area contributed by atoms with Crippen molar-refractivity contribution in [2.75, 3.05) is 13.1 Å². The number of aromatic amines is 1. The van der Waals surface area contributed by atoms with Crippen LogP contribution in [0.5, 0.6) is 0 Å². The number of hydrogen-bond donors (Lipinski definition) is 3. The average Bonchev–Trinajstić information content (AvgIpc) is 3.10. The maximum absolute atomic E-state index is 12.3. The number of fused-ring (bicyclic) bond motifs is 1. The van der Waals surface area contributed by atoms with Crippen LogP contribution in [-0.2, 0) is 6.54 Å². The molecule has 0 saturated carbocycles. The van der Waals surface area contributed by atoms with Gasteiger partial charge in [0.15, 0.2) is 11.1 Å². The van der Waals surface area contributed by atoms with Crippen molar-refractivity contribution in [3.63, 3.8) is 0 Å². The number of benzene rings is 1. The monoisotopic (exact) mass is 382 g/mol. The third-order valence-electron chi connectivity index (χ3n) is 5.03. The molecule has 2 atom stereocenters. The van der Waals surface area contributed by atoms with E-state index in [0.29, 0.717) is 37.2 Å². The summed E-state index contributed by atoms with van der Waals surface area (Å²) in [7, 11) is 0. The van der Waals surface area contributed by atoms with E-state index in [1.54, 1.807) is 25.1 Å². The Morgan fingerprint density at radius 3 is 2.96 bits per heavy atom. The van der Waals surface area contributed by atoms with Gasteiger partial charge in [0.25, 0.3) is 5.91 Å². The number of aliphatic hydroxyl groups is 1. The Kier molecular flexibility index (Phi) is 4.97. The fraction of sp³-hybridized carbons (Fsp3) is 0.350. The number of likely N-dealkylation sites (tertiary alicyclic amines) is 1. The topological polar surface area (TPSA) is 111 Å². The Bertz CT molecular complexity index is 1060. The van der Waals surface area contributed by atoms with Gasteiger partial charge in [-0.05, 0) is 25.5 Å². The first kappa shape index (κ1) is 18.4. The molecule has 8 heteroatoms. The van der Waals surface area contributed by atoms with Crippen LogP contribution >= 0.6 is 0 Å². The fourth-order valence-corrected chi connectivity index (χ4v) is 3.60. The number of pyridine rings is 1. The maximum atomic E-state index is 12.3. The molecule has 4 rings (SSSR count). The third kappa shape index (κ3) is 3.83. The molecule has 146 valence electrons. The molecule has 3 heterocycles. The van der Waals surface area contributed by atoms with Gasteiger partial charge in [-0.2, -0.15) is 0 Å². The summed E-state index contributed by atoms with van der Waals surface area (Å²) in [6.07, 6.45) is -0.112. The van der Waals surface area contributed by atoms with Gasteiger partial charge in [-0.25, -0.2) is 0 Å². The number of hydrogen-bond acceptors (Lipinski definition) is 6. The number of carbonyl (C=O) groups excluding carboxylic acids is 1. The van der Waals surface area contributed by atoms with Crippen LogP contribution in [0.25, 0.3) is 10.9 Å². The van der Waals surface area contributed by atoms with Crippen molar-refractivity contribution in [2.45, 2.75) is 32.0 Å². The van der Waals surface area contributed by atoms with E-state index in [-0.39, 0.29) is 23.1 Å². The van der Waals surface area contributed by atoms with Crippen LogP contribution in [0.2, 0.25) is 0 Å². The SMILES string of the molecule is Cc1cc(C(=O)N[C@@H]2CCN(Cc3cc(=O)c4ccccc4[nH]3)C[C@H]2O)no1. The Morgan fingerprint density at radius 2 is 2.21 bits per heavy atom. The van der Waals surface area contributed by atoms with Crippen LogP contribution in [0.4, 0.5) is 0 Å². The average molecular weight is 382 g/mol. The van der Waals surface area contributed by atoms with Crippen molar-refractivity contribution < 1.29 is 14.4 Å². The molecule has 28 heavy (non-hydrogen) atoms. The number of nitrogens with zero attached hydrogens (tertiary/aromatic N) is 2. The molecule has 3 N–H and O–H groups in total. The lowest BCUT2D eigenvalue weighted by molar-refractivity contribution is 0.0343. The first-order chi connectivity index (χ1) is 13.5. The predicted octanol–water partition coefficient (Wildman–Crippen LogP) is 1.19. The molecular formula is C20H22N4O4. The number of rotatable bonds is 4. The molecule has 0 radical (unpaired) electrons. The number of β-amino-alcohol motifs (C(OH)–C–C–N with tert-alkyl or cyclic N) is 1. The summed E-state index contributed by atoms with van der Waals surface area (Å²) in [5.74, 6) is 0.207. The number of amides is 1. The van der Waals surface area contributed by atoms with Crippen molar-refractivity contribution in [1.82, 2.24) is 20.4 Å². The molecule has 3 aromatic rings. The lowest BCUT2D eigenvalue weighted by atomic mass is 10.0. The summed E-state index contributed by atoms with van der Waals surface area (Å²) in [6, 6.07) is 10.2. The van der Waals surface area contributed by atoms with Crippen molar-refractivity contribution in [3.8, 4) is 0 Å². The van der Waals surface area contributed by atoms with E-state index in [0.717, 1.165) is 11.2 Å². The number of piperidine rings is 1. The second kappa shape index (κ2) is 7.57. The molecule has 1 saturated heterocycles. The van der Waals surface area contributed by atoms with Gasteiger partial charge in [0, 0.05) is 48.4 Å². The minimum atomic E-state index is -0.710. The first-order valence-corrected chi connectivity index (χ1v) is 9.25. The molecule has 2 aromatic heterocycles. The molecule has 0 aliphatic carbocycles. The minimum absolute atomic E-state index is 0.0186. The number of H-pyrrole nitrogens is 1. The third-order valence-corrected chi connectivity index (χ3v) is 5.03. The number of aromatic nitrogens is 2. The lowest BCUT2D eigenvalue weighted by Crippen LogP contribution is -2.53. The Labute approximate surface area is 161 Å². The van der Waals surface area contributed by atoms with E-state index < -0.39 is 6.10 Å².